The standard InChI is InChI=1S/C10H12N4S/c1-14-9-4-11-3-2-7(9)13-10(14)8-5-15-6-12-8/h5-6,11H,2-4H2,1H3. The van der Waals surface area contributed by atoms with Gasteiger partial charge in [-0.25, -0.2) is 9.97 Å². The van der Waals surface area contributed by atoms with Crippen molar-refractivity contribution in [3.8, 4) is 11.5 Å². The third-order valence-electron chi connectivity index (χ3n) is 2.79. The SMILES string of the molecule is Cn1c(-c2cscn2)nc2c1CNCC2. The van der Waals surface area contributed by atoms with Crippen molar-refractivity contribution in [2.24, 2.45) is 7.05 Å². The van der Waals surface area contributed by atoms with Crippen molar-refractivity contribution in [3.63, 3.8) is 0 Å². The number of hydrogen-bond donors (Lipinski definition) is 1. The fraction of sp³-hybridized carbons (Fsp3) is 0.400. The van der Waals surface area contributed by atoms with E-state index < -0.39 is 0 Å². The topological polar surface area (TPSA) is 42.7 Å². The Labute approximate surface area is 92.0 Å². The van der Waals surface area contributed by atoms with Crippen LogP contribution in [0.4, 0.5) is 0 Å². The monoisotopic (exact) mass is 220 g/mol. The molecule has 2 aromatic rings. The average Bonchev–Trinajstić information content (AvgIpc) is 2.87. The zero-order chi connectivity index (χ0) is 10.3. The summed E-state index contributed by atoms with van der Waals surface area (Å²) >= 11 is 1.61. The van der Waals surface area contributed by atoms with E-state index in [2.05, 4.69) is 26.9 Å². The van der Waals surface area contributed by atoms with Crippen LogP contribution >= 0.6 is 11.3 Å². The molecule has 1 aliphatic heterocycles. The molecule has 1 N–H and O–H groups in total. The third kappa shape index (κ3) is 1.39. The highest BCUT2D eigenvalue weighted by Gasteiger charge is 2.18. The smallest absolute Gasteiger partial charge is 0.159 e. The Bertz CT molecular complexity index is 472. The van der Waals surface area contributed by atoms with Crippen molar-refractivity contribution in [2.75, 3.05) is 6.54 Å². The van der Waals surface area contributed by atoms with Gasteiger partial charge in [-0.05, 0) is 0 Å². The Morgan fingerprint density at radius 2 is 2.47 bits per heavy atom. The lowest BCUT2D eigenvalue weighted by molar-refractivity contribution is 0.607. The van der Waals surface area contributed by atoms with Gasteiger partial charge in [-0.2, -0.15) is 0 Å². The van der Waals surface area contributed by atoms with Crippen LogP contribution in [0.5, 0.6) is 0 Å². The second-order valence-corrected chi connectivity index (χ2v) is 4.41. The quantitative estimate of drug-likeness (QED) is 0.785. The Morgan fingerprint density at radius 1 is 1.53 bits per heavy atom. The van der Waals surface area contributed by atoms with Gasteiger partial charge in [0.25, 0.3) is 0 Å². The van der Waals surface area contributed by atoms with E-state index in [4.69, 9.17) is 0 Å². The zero-order valence-electron chi connectivity index (χ0n) is 8.53. The first-order chi connectivity index (χ1) is 7.36. The van der Waals surface area contributed by atoms with Crippen molar-refractivity contribution in [1.29, 1.82) is 0 Å². The summed E-state index contributed by atoms with van der Waals surface area (Å²) in [7, 11) is 2.06. The minimum absolute atomic E-state index is 0.920. The molecular formula is C10H12N4S. The lowest BCUT2D eigenvalue weighted by Crippen LogP contribution is -2.24. The van der Waals surface area contributed by atoms with Crippen molar-refractivity contribution >= 4 is 11.3 Å². The molecule has 3 heterocycles. The van der Waals surface area contributed by atoms with Crippen LogP contribution in [0.25, 0.3) is 11.5 Å². The molecule has 0 aliphatic carbocycles. The lowest BCUT2D eigenvalue weighted by atomic mass is 10.2. The molecule has 0 spiro atoms. The molecule has 5 heteroatoms. The van der Waals surface area contributed by atoms with Gasteiger partial charge in [0.15, 0.2) is 5.82 Å². The van der Waals surface area contributed by atoms with Gasteiger partial charge in [0.1, 0.15) is 5.69 Å². The highest BCUT2D eigenvalue weighted by atomic mass is 32.1. The molecule has 0 radical (unpaired) electrons. The van der Waals surface area contributed by atoms with Gasteiger partial charge in [-0.3, -0.25) is 0 Å². The largest absolute Gasteiger partial charge is 0.328 e. The molecule has 15 heavy (non-hydrogen) atoms. The van der Waals surface area contributed by atoms with E-state index in [0.29, 0.717) is 0 Å². The fourth-order valence-electron chi connectivity index (χ4n) is 1.98. The Balaban J connectivity index is 2.13. The van der Waals surface area contributed by atoms with Gasteiger partial charge in [0.05, 0.1) is 16.9 Å². The molecule has 4 nitrogen and oxygen atoms in total. The van der Waals surface area contributed by atoms with Gasteiger partial charge in [-0.15, -0.1) is 11.3 Å². The predicted molar refractivity (Wildman–Crippen MR) is 59.7 cm³/mol. The second-order valence-electron chi connectivity index (χ2n) is 3.69. The normalized spacial score (nSPS) is 15.3. The van der Waals surface area contributed by atoms with Crippen LogP contribution < -0.4 is 5.32 Å². The van der Waals surface area contributed by atoms with E-state index in [9.17, 15) is 0 Å². The van der Waals surface area contributed by atoms with Crippen molar-refractivity contribution < 1.29 is 0 Å². The van der Waals surface area contributed by atoms with Gasteiger partial charge in [-0.1, -0.05) is 0 Å². The minimum atomic E-state index is 0.920. The number of imidazole rings is 1. The molecule has 0 amide bonds. The number of hydrogen-bond acceptors (Lipinski definition) is 4. The number of nitrogens with one attached hydrogen (secondary N) is 1. The van der Waals surface area contributed by atoms with E-state index in [-0.39, 0.29) is 0 Å². The first-order valence-corrected chi connectivity index (χ1v) is 5.94. The summed E-state index contributed by atoms with van der Waals surface area (Å²) in [5, 5.41) is 5.40. The van der Waals surface area contributed by atoms with Crippen LogP contribution in [-0.2, 0) is 20.0 Å². The molecule has 0 bridgehead atoms. The van der Waals surface area contributed by atoms with Crippen molar-refractivity contribution in [1.82, 2.24) is 19.9 Å². The fourth-order valence-corrected chi connectivity index (χ4v) is 2.51. The molecule has 0 atom stereocenters. The van der Waals surface area contributed by atoms with E-state index in [1.165, 1.54) is 11.4 Å². The van der Waals surface area contributed by atoms with Gasteiger partial charge >= 0.3 is 0 Å². The first-order valence-electron chi connectivity index (χ1n) is 5.00. The number of thiazole rings is 1. The summed E-state index contributed by atoms with van der Waals surface area (Å²) in [6, 6.07) is 0. The summed E-state index contributed by atoms with van der Waals surface area (Å²) in [6.45, 7) is 1.95. The molecule has 3 rings (SSSR count). The molecule has 1 aliphatic rings. The summed E-state index contributed by atoms with van der Waals surface area (Å²) in [5.74, 6) is 0.991. The molecule has 0 unspecified atom stereocenters. The number of rotatable bonds is 1. The minimum Gasteiger partial charge on any atom is -0.328 e. The second kappa shape index (κ2) is 3.43. The van der Waals surface area contributed by atoms with Gasteiger partial charge in [0, 0.05) is 31.9 Å². The van der Waals surface area contributed by atoms with Crippen LogP contribution in [0, 0.1) is 0 Å². The Hall–Kier alpha value is -1.20. The summed E-state index contributed by atoms with van der Waals surface area (Å²) in [4.78, 5) is 8.97. The van der Waals surface area contributed by atoms with Gasteiger partial charge in [0.2, 0.25) is 0 Å². The summed E-state index contributed by atoms with van der Waals surface area (Å²) in [6.07, 6.45) is 1.02. The van der Waals surface area contributed by atoms with E-state index in [0.717, 1.165) is 31.0 Å². The molecule has 2 aromatic heterocycles. The first kappa shape index (κ1) is 9.06. The van der Waals surface area contributed by atoms with Gasteiger partial charge < -0.3 is 9.88 Å². The highest BCUT2D eigenvalue weighted by Crippen LogP contribution is 2.22. The van der Waals surface area contributed by atoms with Crippen LogP contribution in [0.15, 0.2) is 10.9 Å². The van der Waals surface area contributed by atoms with Crippen LogP contribution in [0.1, 0.15) is 11.4 Å². The molecule has 0 aromatic carbocycles. The van der Waals surface area contributed by atoms with Crippen molar-refractivity contribution in [2.45, 2.75) is 13.0 Å². The Morgan fingerprint density at radius 3 is 3.20 bits per heavy atom. The van der Waals surface area contributed by atoms with E-state index in [1.807, 2.05) is 10.9 Å². The summed E-state index contributed by atoms with van der Waals surface area (Å²) < 4.78 is 2.15. The molecule has 78 valence electrons. The maximum atomic E-state index is 4.66. The number of aromatic nitrogens is 3. The maximum absolute atomic E-state index is 4.66. The Kier molecular flexibility index (Phi) is 2.07. The van der Waals surface area contributed by atoms with Crippen LogP contribution in [0.3, 0.4) is 0 Å². The van der Waals surface area contributed by atoms with E-state index >= 15 is 0 Å². The highest BCUT2D eigenvalue weighted by molar-refractivity contribution is 7.07. The van der Waals surface area contributed by atoms with Crippen LogP contribution in [-0.4, -0.2) is 21.1 Å². The third-order valence-corrected chi connectivity index (χ3v) is 3.38. The van der Waals surface area contributed by atoms with E-state index in [1.54, 1.807) is 11.3 Å². The van der Waals surface area contributed by atoms with Crippen LogP contribution in [0.2, 0.25) is 0 Å². The molecular weight excluding hydrogens is 208 g/mol. The molecule has 0 fully saturated rings. The molecule has 0 saturated carbocycles. The number of nitrogens with zero attached hydrogens (tertiary/aromatic N) is 3. The lowest BCUT2D eigenvalue weighted by Gasteiger charge is -2.12. The van der Waals surface area contributed by atoms with Crippen molar-refractivity contribution in [3.05, 3.63) is 22.3 Å². The average molecular weight is 220 g/mol. The number of fused-ring (bicyclic) bond motifs is 1. The predicted octanol–water partition coefficient (Wildman–Crippen LogP) is 1.19. The molecule has 0 saturated heterocycles. The maximum Gasteiger partial charge on any atom is 0.159 e. The summed E-state index contributed by atoms with van der Waals surface area (Å²) in [5.41, 5.74) is 5.35. The zero-order valence-corrected chi connectivity index (χ0v) is 9.34.